The van der Waals surface area contributed by atoms with Crippen LogP contribution in [-0.4, -0.2) is 6.04 Å². The number of hydrogen-bond donors (Lipinski definition) is 1. The first kappa shape index (κ1) is 9.79. The van der Waals surface area contributed by atoms with Gasteiger partial charge in [0.2, 0.25) is 0 Å². The summed E-state index contributed by atoms with van der Waals surface area (Å²) in [6.07, 6.45) is 8.63. The summed E-state index contributed by atoms with van der Waals surface area (Å²) in [5.74, 6) is 0.741. The highest BCUT2D eigenvalue weighted by molar-refractivity contribution is 5.08. The third kappa shape index (κ3) is 2.98. The summed E-state index contributed by atoms with van der Waals surface area (Å²) in [7, 11) is 0. The van der Waals surface area contributed by atoms with Crippen molar-refractivity contribution in [2.24, 2.45) is 11.7 Å². The van der Waals surface area contributed by atoms with Crippen LogP contribution in [0.3, 0.4) is 0 Å². The van der Waals surface area contributed by atoms with Gasteiger partial charge >= 0.3 is 0 Å². The van der Waals surface area contributed by atoms with Gasteiger partial charge in [0.25, 0.3) is 0 Å². The van der Waals surface area contributed by atoms with Crippen LogP contribution in [0.1, 0.15) is 46.0 Å². The minimum Gasteiger partial charge on any atom is -0.327 e. The van der Waals surface area contributed by atoms with Crippen molar-refractivity contribution in [2.45, 2.75) is 52.0 Å². The second-order valence-corrected chi connectivity index (χ2v) is 4.07. The molecule has 0 aromatic carbocycles. The summed E-state index contributed by atoms with van der Waals surface area (Å²) in [6.45, 7) is 4.53. The summed E-state index contributed by atoms with van der Waals surface area (Å²) in [4.78, 5) is 0. The van der Waals surface area contributed by atoms with E-state index < -0.39 is 0 Å². The van der Waals surface area contributed by atoms with Crippen LogP contribution in [0.25, 0.3) is 0 Å². The molecule has 1 aliphatic carbocycles. The largest absolute Gasteiger partial charge is 0.327 e. The van der Waals surface area contributed by atoms with Crippen molar-refractivity contribution < 1.29 is 0 Å². The van der Waals surface area contributed by atoms with Gasteiger partial charge < -0.3 is 5.73 Å². The van der Waals surface area contributed by atoms with Crippen LogP contribution in [0.2, 0.25) is 0 Å². The van der Waals surface area contributed by atoms with Crippen molar-refractivity contribution in [1.82, 2.24) is 0 Å². The van der Waals surface area contributed by atoms with Crippen molar-refractivity contribution in [3.8, 4) is 0 Å². The van der Waals surface area contributed by atoms with Crippen LogP contribution in [0.5, 0.6) is 0 Å². The highest BCUT2D eigenvalue weighted by Gasteiger charge is 2.12. The van der Waals surface area contributed by atoms with Gasteiger partial charge in [0.05, 0.1) is 0 Å². The quantitative estimate of drug-likeness (QED) is 0.629. The van der Waals surface area contributed by atoms with Gasteiger partial charge in [-0.3, -0.25) is 0 Å². The minimum atomic E-state index is 0.439. The van der Waals surface area contributed by atoms with Crippen molar-refractivity contribution in [3.63, 3.8) is 0 Å². The zero-order valence-electron chi connectivity index (χ0n) is 8.34. The summed E-state index contributed by atoms with van der Waals surface area (Å²) in [6, 6.07) is 0.439. The molecular formula is C11H21N. The van der Waals surface area contributed by atoms with Crippen LogP contribution in [0.4, 0.5) is 0 Å². The predicted molar refractivity (Wildman–Crippen MR) is 54.0 cm³/mol. The molecule has 2 unspecified atom stereocenters. The molecule has 0 spiro atoms. The molecule has 0 saturated heterocycles. The smallest absolute Gasteiger partial charge is 0.00761 e. The average Bonchev–Trinajstić information content (AvgIpc) is 2.04. The van der Waals surface area contributed by atoms with Crippen LogP contribution in [0, 0.1) is 5.92 Å². The number of nitrogens with two attached hydrogens (primary N) is 1. The van der Waals surface area contributed by atoms with Crippen molar-refractivity contribution in [1.29, 1.82) is 0 Å². The fourth-order valence-electron chi connectivity index (χ4n) is 1.80. The van der Waals surface area contributed by atoms with Crippen molar-refractivity contribution in [3.05, 3.63) is 11.6 Å². The standard InChI is InChI=1S/C11H21N/c1-3-9(2)7-10-5-4-6-11(12)8-10/h7,9,11H,3-6,8,12H2,1-2H3. The van der Waals surface area contributed by atoms with Gasteiger partial charge in [0.1, 0.15) is 0 Å². The Hall–Kier alpha value is -0.300. The molecule has 2 N–H and O–H groups in total. The summed E-state index contributed by atoms with van der Waals surface area (Å²) < 4.78 is 0. The molecule has 2 atom stereocenters. The molecule has 0 aromatic heterocycles. The summed E-state index contributed by atoms with van der Waals surface area (Å²) in [5, 5.41) is 0. The molecule has 1 rings (SSSR count). The lowest BCUT2D eigenvalue weighted by Crippen LogP contribution is -2.23. The Kier molecular flexibility index (Phi) is 3.80. The minimum absolute atomic E-state index is 0.439. The normalized spacial score (nSPS) is 30.6. The first-order valence-corrected chi connectivity index (χ1v) is 5.17. The Morgan fingerprint density at radius 2 is 2.42 bits per heavy atom. The first-order valence-electron chi connectivity index (χ1n) is 5.17. The Labute approximate surface area is 76.0 Å². The van der Waals surface area contributed by atoms with Gasteiger partial charge in [-0.2, -0.15) is 0 Å². The van der Waals surface area contributed by atoms with Crippen LogP contribution < -0.4 is 5.73 Å². The van der Waals surface area contributed by atoms with E-state index in [1.807, 2.05) is 0 Å². The van der Waals surface area contributed by atoms with Crippen molar-refractivity contribution >= 4 is 0 Å². The highest BCUT2D eigenvalue weighted by atomic mass is 14.6. The molecule has 0 heterocycles. The van der Waals surface area contributed by atoms with E-state index in [1.165, 1.54) is 25.7 Å². The average molecular weight is 167 g/mol. The van der Waals surface area contributed by atoms with E-state index in [4.69, 9.17) is 5.73 Å². The fourth-order valence-corrected chi connectivity index (χ4v) is 1.80. The second-order valence-electron chi connectivity index (χ2n) is 4.07. The topological polar surface area (TPSA) is 26.0 Å². The molecule has 1 heteroatoms. The van der Waals surface area contributed by atoms with E-state index >= 15 is 0 Å². The molecule has 0 radical (unpaired) electrons. The molecule has 70 valence electrons. The third-order valence-corrected chi connectivity index (χ3v) is 2.76. The maximum absolute atomic E-state index is 5.90. The van der Waals surface area contributed by atoms with Gasteiger partial charge in [-0.1, -0.05) is 31.9 Å². The molecule has 0 aliphatic heterocycles. The molecule has 12 heavy (non-hydrogen) atoms. The lowest BCUT2D eigenvalue weighted by molar-refractivity contribution is 0.510. The molecule has 1 saturated carbocycles. The van der Waals surface area contributed by atoms with Crippen LogP contribution in [-0.2, 0) is 0 Å². The second kappa shape index (κ2) is 4.66. The molecule has 1 aliphatic rings. The SMILES string of the molecule is CCC(C)C=C1CCCC(N)C1. The zero-order chi connectivity index (χ0) is 8.97. The number of allylic oxidation sites excluding steroid dienone is 1. The van der Waals surface area contributed by atoms with E-state index in [9.17, 15) is 0 Å². The lowest BCUT2D eigenvalue weighted by Gasteiger charge is -2.21. The Morgan fingerprint density at radius 3 is 3.00 bits per heavy atom. The number of rotatable bonds is 2. The number of hydrogen-bond acceptors (Lipinski definition) is 1. The molecule has 0 bridgehead atoms. The van der Waals surface area contributed by atoms with E-state index in [0.717, 1.165) is 12.3 Å². The van der Waals surface area contributed by atoms with E-state index in [-0.39, 0.29) is 0 Å². The zero-order valence-corrected chi connectivity index (χ0v) is 8.34. The maximum Gasteiger partial charge on any atom is 0.00761 e. The summed E-state index contributed by atoms with van der Waals surface area (Å²) in [5.41, 5.74) is 7.50. The van der Waals surface area contributed by atoms with Gasteiger partial charge in [0, 0.05) is 6.04 Å². The Balaban J connectivity index is 2.44. The predicted octanol–water partition coefficient (Wildman–Crippen LogP) is 2.86. The Bertz CT molecular complexity index is 160. The fraction of sp³-hybridized carbons (Fsp3) is 0.818. The van der Waals surface area contributed by atoms with E-state index in [1.54, 1.807) is 5.57 Å². The van der Waals surface area contributed by atoms with Gasteiger partial charge in [-0.25, -0.2) is 0 Å². The van der Waals surface area contributed by atoms with Crippen LogP contribution in [0.15, 0.2) is 11.6 Å². The molecular weight excluding hydrogens is 146 g/mol. The van der Waals surface area contributed by atoms with Gasteiger partial charge in [0.15, 0.2) is 0 Å². The van der Waals surface area contributed by atoms with E-state index in [0.29, 0.717) is 6.04 Å². The summed E-state index contributed by atoms with van der Waals surface area (Å²) >= 11 is 0. The van der Waals surface area contributed by atoms with E-state index in [2.05, 4.69) is 19.9 Å². The highest BCUT2D eigenvalue weighted by Crippen LogP contribution is 2.24. The van der Waals surface area contributed by atoms with Gasteiger partial charge in [-0.15, -0.1) is 0 Å². The molecule has 1 fully saturated rings. The first-order chi connectivity index (χ1) is 5.72. The lowest BCUT2D eigenvalue weighted by atomic mass is 9.89. The molecule has 1 nitrogen and oxygen atoms in total. The van der Waals surface area contributed by atoms with Gasteiger partial charge in [-0.05, 0) is 31.6 Å². The monoisotopic (exact) mass is 167 g/mol. The molecule has 0 aromatic rings. The Morgan fingerprint density at radius 1 is 1.67 bits per heavy atom. The maximum atomic E-state index is 5.90. The third-order valence-electron chi connectivity index (χ3n) is 2.76. The van der Waals surface area contributed by atoms with Crippen LogP contribution >= 0.6 is 0 Å². The molecule has 0 amide bonds. The van der Waals surface area contributed by atoms with Crippen molar-refractivity contribution in [2.75, 3.05) is 0 Å².